The number of nitrogens with one attached hydrogen (secondary N) is 1. The van der Waals surface area contributed by atoms with Crippen LogP contribution in [0, 0.1) is 0 Å². The van der Waals surface area contributed by atoms with Crippen molar-refractivity contribution in [2.45, 2.75) is 61.4 Å². The first kappa shape index (κ1) is 26.3. The van der Waals surface area contributed by atoms with Crippen molar-refractivity contribution in [1.29, 1.82) is 0 Å². The van der Waals surface area contributed by atoms with E-state index in [1.165, 1.54) is 49.9 Å². The molecule has 2 aromatic rings. The quantitative estimate of drug-likeness (QED) is 0.431. The SMILES string of the molecule is CC(C(=O)NC1CCOCC1)(c1cncnc1)N(C(=O)[C@H](F)Cl)c1ccc(C2(C(F)(F)F)CC2)cc1. The number of amides is 2. The maximum atomic E-state index is 14.3. The fourth-order valence-corrected chi connectivity index (χ4v) is 4.67. The van der Waals surface area contributed by atoms with E-state index >= 15 is 0 Å². The first-order valence-electron chi connectivity index (χ1n) is 11.4. The third-order valence-corrected chi connectivity index (χ3v) is 7.13. The zero-order valence-electron chi connectivity index (χ0n) is 19.4. The Kier molecular flexibility index (Phi) is 7.25. The monoisotopic (exact) mass is 528 g/mol. The standard InChI is InChI=1S/C24H25ClF4N4O3/c1-22(16-12-30-14-31-13-16,21(35)32-17-6-10-36-11-7-17)33(20(34)19(25)26)18-4-2-15(3-5-18)23(8-9-23)24(27,28)29/h2-5,12-14,17,19H,6-11H2,1H3,(H,32,35)/t19-,22?/m0/s1. The highest BCUT2D eigenvalue weighted by Gasteiger charge is 2.64. The summed E-state index contributed by atoms with van der Waals surface area (Å²) in [6, 6.07) is 4.77. The number of rotatable bonds is 7. The van der Waals surface area contributed by atoms with Gasteiger partial charge in [-0.2, -0.15) is 13.2 Å². The van der Waals surface area contributed by atoms with E-state index in [-0.39, 0.29) is 35.7 Å². The topological polar surface area (TPSA) is 84.4 Å². The second-order valence-electron chi connectivity index (χ2n) is 9.16. The number of nitrogens with zero attached hydrogens (tertiary/aromatic N) is 3. The van der Waals surface area contributed by atoms with Crippen LogP contribution in [0.5, 0.6) is 0 Å². The van der Waals surface area contributed by atoms with E-state index < -0.39 is 34.6 Å². The summed E-state index contributed by atoms with van der Waals surface area (Å²) in [6.45, 7) is 2.27. The van der Waals surface area contributed by atoms with Crippen LogP contribution in [-0.2, 0) is 25.3 Å². The molecule has 1 aliphatic carbocycles. The molecule has 1 unspecified atom stereocenters. The van der Waals surface area contributed by atoms with Crippen molar-refractivity contribution in [3.8, 4) is 0 Å². The van der Waals surface area contributed by atoms with E-state index in [4.69, 9.17) is 16.3 Å². The van der Waals surface area contributed by atoms with Crippen molar-refractivity contribution in [2.24, 2.45) is 0 Å². The Morgan fingerprint density at radius 3 is 2.22 bits per heavy atom. The van der Waals surface area contributed by atoms with E-state index in [1.807, 2.05) is 0 Å². The molecular formula is C24H25ClF4N4O3. The first-order valence-corrected chi connectivity index (χ1v) is 11.9. The average molecular weight is 529 g/mol. The minimum absolute atomic E-state index is 0.00138. The summed E-state index contributed by atoms with van der Waals surface area (Å²) in [5, 5.41) is 2.88. The Morgan fingerprint density at radius 2 is 1.72 bits per heavy atom. The third-order valence-electron chi connectivity index (χ3n) is 6.95. The predicted molar refractivity (Wildman–Crippen MR) is 123 cm³/mol. The Bertz CT molecular complexity index is 1090. The summed E-state index contributed by atoms with van der Waals surface area (Å²) in [7, 11) is 0. The number of alkyl halides is 5. The number of carbonyl (C=O) groups is 2. The van der Waals surface area contributed by atoms with Crippen LogP contribution in [0.2, 0.25) is 0 Å². The second kappa shape index (κ2) is 9.93. The number of benzene rings is 1. The van der Waals surface area contributed by atoms with Crippen LogP contribution in [0.3, 0.4) is 0 Å². The number of aromatic nitrogens is 2. The molecule has 2 atom stereocenters. The summed E-state index contributed by atoms with van der Waals surface area (Å²) < 4.78 is 60.4. The van der Waals surface area contributed by atoms with Gasteiger partial charge in [-0.15, -0.1) is 0 Å². The largest absolute Gasteiger partial charge is 0.398 e. The van der Waals surface area contributed by atoms with E-state index in [1.54, 1.807) is 0 Å². The molecule has 1 saturated heterocycles. The van der Waals surface area contributed by atoms with Gasteiger partial charge in [-0.05, 0) is 50.3 Å². The van der Waals surface area contributed by atoms with Gasteiger partial charge in [-0.3, -0.25) is 14.5 Å². The molecule has 1 N–H and O–H groups in total. The smallest absolute Gasteiger partial charge is 0.381 e. The van der Waals surface area contributed by atoms with Gasteiger partial charge in [0.2, 0.25) is 0 Å². The summed E-state index contributed by atoms with van der Waals surface area (Å²) in [5.41, 5.74) is -6.14. The zero-order chi connectivity index (χ0) is 26.1. The fourth-order valence-electron chi connectivity index (χ4n) is 4.57. The maximum Gasteiger partial charge on any atom is 0.398 e. The van der Waals surface area contributed by atoms with Crippen LogP contribution in [0.4, 0.5) is 23.2 Å². The highest BCUT2D eigenvalue weighted by Crippen LogP contribution is 2.59. The lowest BCUT2D eigenvalue weighted by Gasteiger charge is -2.41. The molecule has 2 heterocycles. The van der Waals surface area contributed by atoms with Crippen molar-refractivity contribution in [3.05, 3.63) is 54.1 Å². The molecule has 1 aromatic carbocycles. The first-order chi connectivity index (χ1) is 17.0. The second-order valence-corrected chi connectivity index (χ2v) is 9.54. The number of anilines is 1. The summed E-state index contributed by atoms with van der Waals surface area (Å²) in [6.07, 6.45) is 0.424. The molecule has 4 rings (SSSR count). The molecule has 7 nitrogen and oxygen atoms in total. The fraction of sp³-hybridized carbons (Fsp3) is 0.500. The summed E-state index contributed by atoms with van der Waals surface area (Å²) in [5.74, 6) is -1.90. The molecule has 0 radical (unpaired) electrons. The molecule has 2 aliphatic rings. The highest BCUT2D eigenvalue weighted by atomic mass is 35.5. The molecule has 1 aromatic heterocycles. The Hall–Kier alpha value is -2.79. The lowest BCUT2D eigenvalue weighted by atomic mass is 9.88. The van der Waals surface area contributed by atoms with Gasteiger partial charge in [0.05, 0.1) is 5.41 Å². The number of carbonyl (C=O) groups excluding carboxylic acids is 2. The van der Waals surface area contributed by atoms with Crippen LogP contribution in [0.1, 0.15) is 43.7 Å². The number of ether oxygens (including phenoxy) is 1. The summed E-state index contributed by atoms with van der Waals surface area (Å²) in [4.78, 5) is 35.6. The van der Waals surface area contributed by atoms with Crippen LogP contribution >= 0.6 is 11.6 Å². The maximum absolute atomic E-state index is 14.3. The molecule has 36 heavy (non-hydrogen) atoms. The van der Waals surface area contributed by atoms with E-state index in [0.29, 0.717) is 26.1 Å². The molecule has 1 saturated carbocycles. The van der Waals surface area contributed by atoms with Gasteiger partial charge < -0.3 is 10.1 Å². The van der Waals surface area contributed by atoms with E-state index in [0.717, 1.165) is 4.90 Å². The minimum Gasteiger partial charge on any atom is -0.381 e. The van der Waals surface area contributed by atoms with Crippen molar-refractivity contribution < 1.29 is 31.9 Å². The van der Waals surface area contributed by atoms with Crippen molar-refractivity contribution in [3.63, 3.8) is 0 Å². The number of hydrogen-bond donors (Lipinski definition) is 1. The van der Waals surface area contributed by atoms with Gasteiger partial charge in [-0.25, -0.2) is 14.4 Å². The van der Waals surface area contributed by atoms with Crippen molar-refractivity contribution >= 4 is 29.1 Å². The number of hydrogen-bond acceptors (Lipinski definition) is 5. The molecule has 1 aliphatic heterocycles. The lowest BCUT2D eigenvalue weighted by Crippen LogP contribution is -2.60. The van der Waals surface area contributed by atoms with Gasteiger partial charge in [0.25, 0.3) is 17.4 Å². The Labute approximate surface area is 210 Å². The molecule has 0 bridgehead atoms. The molecule has 2 amide bonds. The van der Waals surface area contributed by atoms with Gasteiger partial charge in [0, 0.05) is 42.9 Å². The van der Waals surface area contributed by atoms with E-state index in [9.17, 15) is 27.2 Å². The van der Waals surface area contributed by atoms with Crippen molar-refractivity contribution in [2.75, 3.05) is 18.1 Å². The van der Waals surface area contributed by atoms with Gasteiger partial charge in [0.15, 0.2) is 5.54 Å². The van der Waals surface area contributed by atoms with Gasteiger partial charge >= 0.3 is 6.18 Å². The van der Waals surface area contributed by atoms with Crippen LogP contribution in [0.15, 0.2) is 43.0 Å². The van der Waals surface area contributed by atoms with Crippen LogP contribution in [0.25, 0.3) is 0 Å². The van der Waals surface area contributed by atoms with Crippen LogP contribution in [-0.4, -0.2) is 52.8 Å². The third kappa shape index (κ3) is 4.78. The number of halogens is 5. The summed E-state index contributed by atoms with van der Waals surface area (Å²) >= 11 is 5.55. The molecule has 0 spiro atoms. The Morgan fingerprint density at radius 1 is 1.14 bits per heavy atom. The van der Waals surface area contributed by atoms with Crippen LogP contribution < -0.4 is 10.2 Å². The molecule has 194 valence electrons. The lowest BCUT2D eigenvalue weighted by molar-refractivity contribution is -0.160. The molecule has 2 fully saturated rings. The van der Waals surface area contributed by atoms with E-state index in [2.05, 4.69) is 15.3 Å². The molecule has 12 heteroatoms. The zero-order valence-corrected chi connectivity index (χ0v) is 20.2. The Balaban J connectivity index is 1.78. The predicted octanol–water partition coefficient (Wildman–Crippen LogP) is 4.15. The van der Waals surface area contributed by atoms with Gasteiger partial charge in [0.1, 0.15) is 6.33 Å². The average Bonchev–Trinajstić information content (AvgIpc) is 3.68. The normalized spacial score (nSPS) is 20.2. The highest BCUT2D eigenvalue weighted by molar-refractivity contribution is 6.32. The molecular weight excluding hydrogens is 504 g/mol. The van der Waals surface area contributed by atoms with Crippen molar-refractivity contribution in [1.82, 2.24) is 15.3 Å². The van der Waals surface area contributed by atoms with Gasteiger partial charge in [-0.1, -0.05) is 23.7 Å². The minimum atomic E-state index is -4.43.